The monoisotopic (exact) mass is 861 g/mol. The molecular weight excluding hydrogens is 795 g/mol. The number of amides is 1. The van der Waals surface area contributed by atoms with Crippen molar-refractivity contribution in [2.45, 2.75) is 155 Å². The van der Waals surface area contributed by atoms with E-state index in [1.54, 1.807) is 25.3 Å². The van der Waals surface area contributed by atoms with Crippen molar-refractivity contribution in [2.75, 3.05) is 20.3 Å². The quantitative estimate of drug-likeness (QED) is 0.111. The molecule has 1 aromatic carbocycles. The smallest absolute Gasteiger partial charge is 0.303 e. The van der Waals surface area contributed by atoms with Gasteiger partial charge in [0.1, 0.15) is 24.5 Å². The number of carbonyl (C=O) groups excluding carboxylic acids is 4. The minimum absolute atomic E-state index is 0.0178. The zero-order valence-corrected chi connectivity index (χ0v) is 37.7. The van der Waals surface area contributed by atoms with Gasteiger partial charge in [0, 0.05) is 39.2 Å². The molecule has 340 valence electrons. The Bertz CT molecular complexity index is 1910. The van der Waals surface area contributed by atoms with Gasteiger partial charge >= 0.3 is 17.9 Å². The van der Waals surface area contributed by atoms with E-state index in [1.807, 2.05) is 12.1 Å². The SMILES string of the molecule is COc1ccc(/C=C/C(=O)N[C@H]2[C@H](O[C@H]3CC[C@@]4(C)C(=CC[C@H]5[C@@H]6C[C@@H]7O[C@]8(CC[C@@H](C)CO8)[C@@H](C)[C@@H]7[C@@]6(C)CC[C@@H]54)C3)O[C@H](COC(C)=O)[C@@H](OC(C)=O)[C@@H]2OC(C)=O)cc1. The average Bonchev–Trinajstić information content (AvgIpc) is 3.68. The van der Waals surface area contributed by atoms with Crippen LogP contribution in [-0.4, -0.2) is 92.8 Å². The van der Waals surface area contributed by atoms with E-state index in [0.717, 1.165) is 50.7 Å². The standard InChI is InChI=1S/C49H67NO12/c1-27-17-22-49(57-25-27)28(2)42-39(62-49)24-38-36-15-12-33-23-35(18-20-47(33,6)37(36)19-21-48(38,42)7)60-46-43(50-41(54)16-11-32-9-13-34(55-8)14-10-32)45(59-31(5)53)44(58-30(4)52)40(61-46)26-56-29(3)51/h9-14,16,27-28,35-40,42-46H,15,17-26H2,1-8H3,(H,50,54)/b16-11+/t27-,28+,35+,36-,37+,38+,39+,40-,42+,43-,44-,45-,46-,47+,48+,49-/m1/s1. The van der Waals surface area contributed by atoms with E-state index < -0.39 is 60.2 Å². The Labute approximate surface area is 366 Å². The number of esters is 3. The van der Waals surface area contributed by atoms with Gasteiger partial charge in [0.05, 0.1) is 25.9 Å². The molecule has 0 aromatic heterocycles. The fraction of sp³-hybridized carbons (Fsp3) is 0.714. The Kier molecular flexibility index (Phi) is 12.8. The third-order valence-electron chi connectivity index (χ3n) is 16.2. The highest BCUT2D eigenvalue weighted by atomic mass is 16.7. The third-order valence-corrected chi connectivity index (χ3v) is 16.2. The van der Waals surface area contributed by atoms with Crippen LogP contribution in [0.15, 0.2) is 42.0 Å². The summed E-state index contributed by atoms with van der Waals surface area (Å²) in [5.74, 6) is 1.07. The molecule has 3 aliphatic heterocycles. The Morgan fingerprint density at radius 2 is 1.65 bits per heavy atom. The maximum Gasteiger partial charge on any atom is 0.303 e. The minimum atomic E-state index is -1.23. The van der Waals surface area contributed by atoms with Gasteiger partial charge in [0.15, 0.2) is 24.3 Å². The molecule has 3 heterocycles. The lowest BCUT2D eigenvalue weighted by Crippen LogP contribution is -2.67. The lowest BCUT2D eigenvalue weighted by Gasteiger charge is -2.58. The van der Waals surface area contributed by atoms with Crippen LogP contribution in [0.5, 0.6) is 5.75 Å². The topological polar surface area (TPSA) is 154 Å². The highest BCUT2D eigenvalue weighted by Gasteiger charge is 2.69. The lowest BCUT2D eigenvalue weighted by atomic mass is 9.47. The summed E-state index contributed by atoms with van der Waals surface area (Å²) in [6.45, 7) is 13.9. The van der Waals surface area contributed by atoms with E-state index in [2.05, 4.69) is 39.1 Å². The van der Waals surface area contributed by atoms with Crippen molar-refractivity contribution in [1.82, 2.24) is 5.32 Å². The number of hydrogen-bond donors (Lipinski definition) is 1. The average molecular weight is 862 g/mol. The van der Waals surface area contributed by atoms with E-state index >= 15 is 0 Å². The van der Waals surface area contributed by atoms with Gasteiger partial charge in [0.2, 0.25) is 5.91 Å². The van der Waals surface area contributed by atoms with E-state index in [9.17, 15) is 19.2 Å². The number of benzene rings is 1. The van der Waals surface area contributed by atoms with Gasteiger partial charge in [-0.1, -0.05) is 51.5 Å². The van der Waals surface area contributed by atoms with Gasteiger partial charge in [0.25, 0.3) is 0 Å². The molecule has 0 unspecified atom stereocenters. The molecule has 13 nitrogen and oxygen atoms in total. The summed E-state index contributed by atoms with van der Waals surface area (Å²) in [4.78, 5) is 50.8. The summed E-state index contributed by atoms with van der Waals surface area (Å²) in [6.07, 6.45) is 9.83. The van der Waals surface area contributed by atoms with Crippen molar-refractivity contribution < 1.29 is 57.1 Å². The molecule has 1 aromatic rings. The van der Waals surface area contributed by atoms with Crippen LogP contribution in [0.2, 0.25) is 0 Å². The minimum Gasteiger partial charge on any atom is -0.497 e. The zero-order chi connectivity index (χ0) is 44.1. The molecule has 3 saturated heterocycles. The summed E-state index contributed by atoms with van der Waals surface area (Å²) in [6, 6.07) is 6.12. The second kappa shape index (κ2) is 17.7. The molecular formula is C49H67NO12. The van der Waals surface area contributed by atoms with Crippen molar-refractivity contribution in [3.8, 4) is 5.75 Å². The fourth-order valence-electron chi connectivity index (χ4n) is 13.2. The molecule has 1 amide bonds. The largest absolute Gasteiger partial charge is 0.497 e. The Balaban J connectivity index is 1.01. The van der Waals surface area contributed by atoms with Crippen LogP contribution >= 0.6 is 0 Å². The summed E-state index contributed by atoms with van der Waals surface area (Å²) in [5, 5.41) is 2.95. The first-order valence-corrected chi connectivity index (χ1v) is 23.0. The van der Waals surface area contributed by atoms with Crippen molar-refractivity contribution in [1.29, 1.82) is 0 Å². The van der Waals surface area contributed by atoms with Gasteiger partial charge in [-0.05, 0) is 116 Å². The fourth-order valence-corrected chi connectivity index (χ4v) is 13.2. The second-order valence-corrected chi connectivity index (χ2v) is 19.9. The Morgan fingerprint density at radius 3 is 2.32 bits per heavy atom. The maximum absolute atomic E-state index is 13.7. The lowest BCUT2D eigenvalue weighted by molar-refractivity contribution is -0.289. The molecule has 4 aliphatic carbocycles. The van der Waals surface area contributed by atoms with Crippen LogP contribution in [0, 0.1) is 46.3 Å². The molecule has 0 bridgehead atoms. The summed E-state index contributed by atoms with van der Waals surface area (Å²) in [7, 11) is 1.58. The number of carbonyl (C=O) groups is 4. The van der Waals surface area contributed by atoms with Gasteiger partial charge in [-0.15, -0.1) is 0 Å². The van der Waals surface area contributed by atoms with Gasteiger partial charge in [-0.2, -0.15) is 0 Å². The summed E-state index contributed by atoms with van der Waals surface area (Å²) < 4.78 is 49.1. The molecule has 62 heavy (non-hydrogen) atoms. The van der Waals surface area contributed by atoms with Crippen LogP contribution in [0.3, 0.4) is 0 Å². The Hall–Kier alpha value is -3.78. The number of allylic oxidation sites excluding steroid dienone is 1. The van der Waals surface area contributed by atoms with Crippen molar-refractivity contribution in [3.63, 3.8) is 0 Å². The predicted octanol–water partition coefficient (Wildman–Crippen LogP) is 7.10. The molecule has 1 spiro atoms. The first kappa shape index (κ1) is 44.8. The highest BCUT2D eigenvalue weighted by molar-refractivity contribution is 5.92. The molecule has 16 atom stereocenters. The van der Waals surface area contributed by atoms with E-state index in [-0.39, 0.29) is 29.6 Å². The van der Waals surface area contributed by atoms with Crippen molar-refractivity contribution >= 4 is 29.9 Å². The molecule has 6 fully saturated rings. The van der Waals surface area contributed by atoms with E-state index in [1.165, 1.54) is 45.3 Å². The first-order valence-electron chi connectivity index (χ1n) is 23.0. The summed E-state index contributed by atoms with van der Waals surface area (Å²) in [5.41, 5.74) is 2.39. The maximum atomic E-state index is 13.7. The number of hydrogen-bond acceptors (Lipinski definition) is 12. The number of nitrogens with one attached hydrogen (secondary N) is 1. The first-order chi connectivity index (χ1) is 29.5. The number of ether oxygens (including phenoxy) is 8. The van der Waals surface area contributed by atoms with Gasteiger partial charge in [-0.3, -0.25) is 19.2 Å². The molecule has 8 rings (SSSR count). The number of rotatable bonds is 10. The van der Waals surface area contributed by atoms with E-state index in [4.69, 9.17) is 37.9 Å². The Morgan fingerprint density at radius 1 is 0.903 bits per heavy atom. The number of methoxy groups -OCH3 is 1. The van der Waals surface area contributed by atoms with Crippen LogP contribution in [0.4, 0.5) is 0 Å². The van der Waals surface area contributed by atoms with Crippen LogP contribution in [0.25, 0.3) is 6.08 Å². The van der Waals surface area contributed by atoms with Crippen LogP contribution < -0.4 is 10.1 Å². The highest BCUT2D eigenvalue weighted by Crippen LogP contribution is 2.70. The zero-order valence-electron chi connectivity index (χ0n) is 37.7. The van der Waals surface area contributed by atoms with Crippen LogP contribution in [-0.2, 0) is 52.3 Å². The predicted molar refractivity (Wildman–Crippen MR) is 227 cm³/mol. The van der Waals surface area contributed by atoms with Crippen LogP contribution in [0.1, 0.15) is 112 Å². The van der Waals surface area contributed by atoms with Crippen molar-refractivity contribution in [3.05, 3.63) is 47.6 Å². The molecule has 1 N–H and O–H groups in total. The summed E-state index contributed by atoms with van der Waals surface area (Å²) >= 11 is 0. The molecule has 7 aliphatic rings. The van der Waals surface area contributed by atoms with Crippen molar-refractivity contribution in [2.24, 2.45) is 46.3 Å². The van der Waals surface area contributed by atoms with E-state index in [0.29, 0.717) is 47.7 Å². The molecule has 13 heteroatoms. The normalized spacial score (nSPS) is 42.1. The second-order valence-electron chi connectivity index (χ2n) is 19.9. The van der Waals surface area contributed by atoms with Gasteiger partial charge in [-0.25, -0.2) is 0 Å². The molecule has 3 saturated carbocycles. The number of fused-ring (bicyclic) bond motifs is 7. The third kappa shape index (κ3) is 8.48. The van der Waals surface area contributed by atoms with Gasteiger partial charge < -0.3 is 43.2 Å². The molecule has 0 radical (unpaired) electrons.